The molecule has 1 aliphatic rings. The van der Waals surface area contributed by atoms with Crippen LogP contribution in [0.25, 0.3) is 0 Å². The number of benzene rings is 2. The maximum atomic E-state index is 12.2. The van der Waals surface area contributed by atoms with Crippen molar-refractivity contribution in [2.24, 2.45) is 10.7 Å². The van der Waals surface area contributed by atoms with Gasteiger partial charge < -0.3 is 20.5 Å². The highest BCUT2D eigenvalue weighted by molar-refractivity contribution is 5.92. The predicted molar refractivity (Wildman–Crippen MR) is 105 cm³/mol. The molecule has 2 aromatic rings. The van der Waals surface area contributed by atoms with E-state index in [1.165, 1.54) is 29.8 Å². The van der Waals surface area contributed by atoms with Crippen LogP contribution in [0.5, 0.6) is 5.75 Å². The number of nitrogens with one attached hydrogen (secondary N) is 1. The van der Waals surface area contributed by atoms with E-state index in [1.807, 2.05) is 12.1 Å². The molecule has 0 atom stereocenters. The Morgan fingerprint density at radius 2 is 1.66 bits per heavy atom. The number of nitrogens with zero attached hydrogens (tertiary/aromatic N) is 2. The van der Waals surface area contributed by atoms with Crippen molar-refractivity contribution in [3.05, 3.63) is 59.7 Å². The summed E-state index contributed by atoms with van der Waals surface area (Å²) in [6.07, 6.45) is -4.72. The van der Waals surface area contributed by atoms with Crippen LogP contribution in [0.3, 0.4) is 0 Å². The van der Waals surface area contributed by atoms with E-state index in [2.05, 4.69) is 32.1 Å². The van der Waals surface area contributed by atoms with E-state index < -0.39 is 6.36 Å². The molecule has 0 aliphatic carbocycles. The molecule has 0 aromatic heterocycles. The minimum atomic E-state index is -4.72. The van der Waals surface area contributed by atoms with Crippen molar-refractivity contribution in [2.45, 2.75) is 19.5 Å². The van der Waals surface area contributed by atoms with E-state index in [4.69, 9.17) is 10.5 Å². The van der Waals surface area contributed by atoms with E-state index in [9.17, 15) is 13.2 Å². The summed E-state index contributed by atoms with van der Waals surface area (Å²) in [5.41, 5.74) is 8.61. The Morgan fingerprint density at radius 1 is 1.03 bits per heavy atom. The highest BCUT2D eigenvalue weighted by Crippen LogP contribution is 2.23. The van der Waals surface area contributed by atoms with Gasteiger partial charge >= 0.3 is 6.36 Å². The number of nitrogens with two attached hydrogens (primary N) is 1. The van der Waals surface area contributed by atoms with Crippen LogP contribution >= 0.6 is 0 Å². The number of hydrogen-bond acceptors (Lipinski definition) is 4. The Balaban J connectivity index is 1.48. The maximum absolute atomic E-state index is 12.2. The molecule has 0 unspecified atom stereocenters. The summed E-state index contributed by atoms with van der Waals surface area (Å²) in [6, 6.07) is 13.4. The topological polar surface area (TPSA) is 72.1 Å². The maximum Gasteiger partial charge on any atom is 0.573 e. The highest BCUT2D eigenvalue weighted by atomic mass is 19.4. The SMILES string of the molecule is NC(=NCc1ccc(CN2CCOCC2)cc1)Nc1ccc(OC(F)(F)F)cc1. The quantitative estimate of drug-likeness (QED) is 0.567. The molecule has 3 rings (SSSR count). The Labute approximate surface area is 167 Å². The van der Waals surface area contributed by atoms with E-state index in [0.29, 0.717) is 12.2 Å². The standard InChI is InChI=1S/C20H23F3N4O2/c21-20(22,23)29-18-7-5-17(6-8-18)26-19(24)25-13-15-1-3-16(4-2-15)14-27-9-11-28-12-10-27/h1-8H,9-14H2,(H3,24,25,26). The minimum Gasteiger partial charge on any atom is -0.406 e. The van der Waals surface area contributed by atoms with Gasteiger partial charge in [0.2, 0.25) is 0 Å². The van der Waals surface area contributed by atoms with Gasteiger partial charge in [-0.1, -0.05) is 24.3 Å². The Kier molecular flexibility index (Phi) is 6.95. The summed E-state index contributed by atoms with van der Waals surface area (Å²) >= 11 is 0. The fourth-order valence-electron chi connectivity index (χ4n) is 2.87. The van der Waals surface area contributed by atoms with Gasteiger partial charge in [-0.3, -0.25) is 4.90 Å². The number of anilines is 1. The number of rotatable bonds is 6. The van der Waals surface area contributed by atoms with Crippen LogP contribution in [0.15, 0.2) is 53.5 Å². The number of guanidine groups is 1. The monoisotopic (exact) mass is 408 g/mol. The first kappa shape index (κ1) is 20.9. The van der Waals surface area contributed by atoms with Crippen LogP contribution in [-0.2, 0) is 17.8 Å². The second kappa shape index (κ2) is 9.62. The van der Waals surface area contributed by atoms with Crippen molar-refractivity contribution in [3.63, 3.8) is 0 Å². The first-order valence-electron chi connectivity index (χ1n) is 9.18. The lowest BCUT2D eigenvalue weighted by atomic mass is 10.1. The molecule has 0 radical (unpaired) electrons. The molecule has 0 bridgehead atoms. The van der Waals surface area contributed by atoms with Gasteiger partial charge in [0.25, 0.3) is 0 Å². The zero-order chi connectivity index (χ0) is 20.7. The molecule has 0 amide bonds. The molecule has 6 nitrogen and oxygen atoms in total. The van der Waals surface area contributed by atoms with Crippen molar-refractivity contribution in [1.29, 1.82) is 0 Å². The van der Waals surface area contributed by atoms with Gasteiger partial charge in [-0.15, -0.1) is 13.2 Å². The van der Waals surface area contributed by atoms with Crippen LogP contribution in [-0.4, -0.2) is 43.5 Å². The second-order valence-electron chi connectivity index (χ2n) is 6.60. The number of aliphatic imine (C=N–C) groups is 1. The Bertz CT molecular complexity index is 802. The molecule has 3 N–H and O–H groups in total. The van der Waals surface area contributed by atoms with E-state index >= 15 is 0 Å². The van der Waals surface area contributed by atoms with Crippen molar-refractivity contribution in [3.8, 4) is 5.75 Å². The molecule has 29 heavy (non-hydrogen) atoms. The molecule has 1 fully saturated rings. The third kappa shape index (κ3) is 7.28. The van der Waals surface area contributed by atoms with Crippen molar-refractivity contribution < 1.29 is 22.6 Å². The smallest absolute Gasteiger partial charge is 0.406 e. The van der Waals surface area contributed by atoms with Crippen molar-refractivity contribution in [2.75, 3.05) is 31.6 Å². The highest BCUT2D eigenvalue weighted by Gasteiger charge is 2.30. The van der Waals surface area contributed by atoms with Crippen LogP contribution in [0.4, 0.5) is 18.9 Å². The first-order valence-corrected chi connectivity index (χ1v) is 9.18. The third-order valence-electron chi connectivity index (χ3n) is 4.33. The van der Waals surface area contributed by atoms with Crippen LogP contribution in [0.2, 0.25) is 0 Å². The fraction of sp³-hybridized carbons (Fsp3) is 0.350. The van der Waals surface area contributed by atoms with Crippen LogP contribution in [0, 0.1) is 0 Å². The average Bonchev–Trinajstić information content (AvgIpc) is 2.69. The molecular weight excluding hydrogens is 385 g/mol. The number of morpholine rings is 1. The number of alkyl halides is 3. The molecule has 1 heterocycles. The Morgan fingerprint density at radius 3 is 2.28 bits per heavy atom. The molecule has 1 saturated heterocycles. The van der Waals surface area contributed by atoms with Gasteiger partial charge in [0.05, 0.1) is 19.8 Å². The average molecular weight is 408 g/mol. The molecule has 9 heteroatoms. The zero-order valence-corrected chi connectivity index (χ0v) is 15.8. The van der Waals surface area contributed by atoms with Crippen LogP contribution in [0.1, 0.15) is 11.1 Å². The summed E-state index contributed by atoms with van der Waals surface area (Å²) < 4.78 is 45.7. The van der Waals surface area contributed by atoms with Gasteiger partial charge in [0.1, 0.15) is 5.75 Å². The Hall–Kier alpha value is -2.78. The second-order valence-corrected chi connectivity index (χ2v) is 6.60. The summed E-state index contributed by atoms with van der Waals surface area (Å²) in [6.45, 7) is 4.72. The molecule has 2 aromatic carbocycles. The van der Waals surface area contributed by atoms with Gasteiger partial charge in [0, 0.05) is 25.3 Å². The lowest BCUT2D eigenvalue weighted by molar-refractivity contribution is -0.274. The van der Waals surface area contributed by atoms with Gasteiger partial charge in [-0.2, -0.15) is 0 Å². The summed E-state index contributed by atoms with van der Waals surface area (Å²) in [4.78, 5) is 6.61. The molecular formula is C20H23F3N4O2. The predicted octanol–water partition coefficient (Wildman–Crippen LogP) is 3.34. The normalized spacial score (nSPS) is 15.9. The van der Waals surface area contributed by atoms with E-state index in [-0.39, 0.29) is 11.7 Å². The number of ether oxygens (including phenoxy) is 2. The van der Waals surface area contributed by atoms with Crippen molar-refractivity contribution >= 4 is 11.6 Å². The zero-order valence-electron chi connectivity index (χ0n) is 15.8. The van der Waals surface area contributed by atoms with Crippen molar-refractivity contribution in [1.82, 2.24) is 4.90 Å². The summed E-state index contributed by atoms with van der Waals surface area (Å²) in [7, 11) is 0. The van der Waals surface area contributed by atoms with Crippen LogP contribution < -0.4 is 15.8 Å². The fourth-order valence-corrected chi connectivity index (χ4v) is 2.87. The lowest BCUT2D eigenvalue weighted by Gasteiger charge is -2.26. The molecule has 1 aliphatic heterocycles. The van der Waals surface area contributed by atoms with Gasteiger partial charge in [0.15, 0.2) is 5.96 Å². The summed E-state index contributed by atoms with van der Waals surface area (Å²) in [5.74, 6) is -0.123. The number of hydrogen-bond donors (Lipinski definition) is 2. The third-order valence-corrected chi connectivity index (χ3v) is 4.33. The molecule has 156 valence electrons. The minimum absolute atomic E-state index is 0.173. The lowest BCUT2D eigenvalue weighted by Crippen LogP contribution is -2.35. The largest absolute Gasteiger partial charge is 0.573 e. The van der Waals surface area contributed by atoms with Gasteiger partial charge in [-0.25, -0.2) is 4.99 Å². The molecule has 0 saturated carbocycles. The van der Waals surface area contributed by atoms with E-state index in [1.54, 1.807) is 0 Å². The number of halogens is 3. The molecule has 0 spiro atoms. The van der Waals surface area contributed by atoms with E-state index in [0.717, 1.165) is 38.4 Å². The summed E-state index contributed by atoms with van der Waals surface area (Å²) in [5, 5.41) is 2.84. The first-order chi connectivity index (χ1) is 13.9. The van der Waals surface area contributed by atoms with Gasteiger partial charge in [-0.05, 0) is 35.4 Å².